The molecule has 2 unspecified atom stereocenters. The average Bonchev–Trinajstić information content (AvgIpc) is 3.00. The van der Waals surface area contributed by atoms with Crippen LogP contribution in [0.4, 0.5) is 8.78 Å². The van der Waals surface area contributed by atoms with Crippen LogP contribution in [0.15, 0.2) is 42.7 Å². The van der Waals surface area contributed by atoms with Crippen molar-refractivity contribution in [1.82, 2.24) is 14.9 Å². The second-order valence-electron chi connectivity index (χ2n) is 8.10. The van der Waals surface area contributed by atoms with Gasteiger partial charge in [-0.3, -0.25) is 4.79 Å². The number of fused-ring (bicyclic) bond motifs is 2. The van der Waals surface area contributed by atoms with Crippen LogP contribution in [0.3, 0.4) is 0 Å². The van der Waals surface area contributed by atoms with Gasteiger partial charge in [0.25, 0.3) is 5.91 Å². The summed E-state index contributed by atoms with van der Waals surface area (Å²) in [5, 5.41) is 3.05. The van der Waals surface area contributed by atoms with Crippen LogP contribution in [0.25, 0.3) is 11.0 Å². The van der Waals surface area contributed by atoms with Crippen molar-refractivity contribution in [2.24, 2.45) is 17.8 Å². The third-order valence-corrected chi connectivity index (χ3v) is 6.42. The zero-order valence-electron chi connectivity index (χ0n) is 15.5. The normalized spacial score (nSPS) is 25.7. The summed E-state index contributed by atoms with van der Waals surface area (Å²) in [6.45, 7) is 2.69. The van der Waals surface area contributed by atoms with Crippen LogP contribution < -0.4 is 5.32 Å². The van der Waals surface area contributed by atoms with Crippen LogP contribution in [0.1, 0.15) is 34.8 Å². The quantitative estimate of drug-likeness (QED) is 0.734. The van der Waals surface area contributed by atoms with Crippen molar-refractivity contribution >= 4 is 16.9 Å². The molecule has 2 saturated carbocycles. The van der Waals surface area contributed by atoms with Crippen LogP contribution in [-0.4, -0.2) is 22.0 Å². The molecule has 5 rings (SSSR count). The molecule has 3 aromatic rings. The van der Waals surface area contributed by atoms with Crippen molar-refractivity contribution in [1.29, 1.82) is 0 Å². The highest BCUT2D eigenvalue weighted by atomic mass is 19.2. The summed E-state index contributed by atoms with van der Waals surface area (Å²) in [6, 6.07) is 10.2. The van der Waals surface area contributed by atoms with Gasteiger partial charge < -0.3 is 9.88 Å². The molecule has 0 spiro atoms. The van der Waals surface area contributed by atoms with Gasteiger partial charge in [0, 0.05) is 30.3 Å². The van der Waals surface area contributed by atoms with E-state index < -0.39 is 11.6 Å². The number of rotatable bonds is 4. The van der Waals surface area contributed by atoms with E-state index in [1.54, 1.807) is 6.33 Å². The van der Waals surface area contributed by atoms with Gasteiger partial charge in [0.2, 0.25) is 0 Å². The van der Waals surface area contributed by atoms with E-state index in [1.165, 1.54) is 6.07 Å². The Morgan fingerprint density at radius 1 is 1.14 bits per heavy atom. The topological polar surface area (TPSA) is 46.9 Å². The number of imidazole rings is 1. The van der Waals surface area contributed by atoms with Crippen LogP contribution in [0.5, 0.6) is 0 Å². The van der Waals surface area contributed by atoms with Crippen LogP contribution in [0, 0.1) is 36.3 Å². The first-order valence-corrected chi connectivity index (χ1v) is 9.67. The number of hydrogen-bond acceptors (Lipinski definition) is 2. The second-order valence-corrected chi connectivity index (χ2v) is 8.10. The van der Waals surface area contributed by atoms with Gasteiger partial charge in [-0.2, -0.15) is 0 Å². The number of nitrogens with zero attached hydrogens (tertiary/aromatic N) is 2. The van der Waals surface area contributed by atoms with E-state index in [1.807, 2.05) is 35.8 Å². The zero-order chi connectivity index (χ0) is 19.4. The average molecular weight is 381 g/mol. The lowest BCUT2D eigenvalue weighted by atomic mass is 10.1. The largest absolute Gasteiger partial charge is 0.352 e. The lowest BCUT2D eigenvalue weighted by Gasteiger charge is -2.17. The Bertz CT molecular complexity index is 1050. The lowest BCUT2D eigenvalue weighted by molar-refractivity contribution is 0.0950. The van der Waals surface area contributed by atoms with E-state index in [2.05, 4.69) is 10.3 Å². The molecule has 4 nitrogen and oxygen atoms in total. The van der Waals surface area contributed by atoms with E-state index in [0.717, 1.165) is 24.5 Å². The molecule has 1 N–H and O–H groups in total. The van der Waals surface area contributed by atoms with Gasteiger partial charge in [0.15, 0.2) is 11.6 Å². The molecule has 4 atom stereocenters. The molecular weight excluding hydrogens is 360 g/mol. The Morgan fingerprint density at radius 2 is 1.82 bits per heavy atom. The molecule has 0 bridgehead atoms. The Balaban J connectivity index is 1.20. The molecule has 0 saturated heterocycles. The third kappa shape index (κ3) is 2.87. The summed E-state index contributed by atoms with van der Waals surface area (Å²) >= 11 is 0. The van der Waals surface area contributed by atoms with E-state index >= 15 is 0 Å². The maximum atomic E-state index is 13.6. The molecule has 28 heavy (non-hydrogen) atoms. The summed E-state index contributed by atoms with van der Waals surface area (Å²) in [5.74, 6) is -0.0723. The number of amides is 1. The second kappa shape index (κ2) is 6.40. The molecule has 1 heterocycles. The number of nitrogens with one attached hydrogen (secondary N) is 1. The fourth-order valence-corrected chi connectivity index (χ4v) is 4.81. The number of carbonyl (C=O) groups excluding carboxylic acids is 1. The minimum atomic E-state index is -0.864. The summed E-state index contributed by atoms with van der Waals surface area (Å²) < 4.78 is 29.0. The van der Waals surface area contributed by atoms with Crippen molar-refractivity contribution in [2.75, 3.05) is 6.54 Å². The van der Waals surface area contributed by atoms with Gasteiger partial charge in [-0.15, -0.1) is 0 Å². The molecule has 2 aromatic carbocycles. The highest BCUT2D eigenvalue weighted by Crippen LogP contribution is 2.60. The van der Waals surface area contributed by atoms with E-state index in [0.29, 0.717) is 40.9 Å². The molecule has 1 aromatic heterocycles. The van der Waals surface area contributed by atoms with Gasteiger partial charge in [0.1, 0.15) is 0 Å². The number of hydrogen-bond donors (Lipinski definition) is 1. The Kier molecular flexibility index (Phi) is 3.96. The molecule has 2 fully saturated rings. The van der Waals surface area contributed by atoms with E-state index in [4.69, 9.17) is 0 Å². The molecule has 2 aliphatic rings. The first-order valence-electron chi connectivity index (χ1n) is 9.67. The summed E-state index contributed by atoms with van der Waals surface area (Å²) in [4.78, 5) is 16.5. The maximum Gasteiger partial charge on any atom is 0.251 e. The summed E-state index contributed by atoms with van der Waals surface area (Å²) in [5.41, 5.74) is 2.96. The minimum Gasteiger partial charge on any atom is -0.352 e. The number of halogens is 2. The van der Waals surface area contributed by atoms with Crippen molar-refractivity contribution in [2.45, 2.75) is 25.8 Å². The number of carbonyl (C=O) groups is 1. The van der Waals surface area contributed by atoms with Crippen LogP contribution >= 0.6 is 0 Å². The van der Waals surface area contributed by atoms with Gasteiger partial charge in [0.05, 0.1) is 17.4 Å². The molecule has 0 aliphatic heterocycles. The fourth-order valence-electron chi connectivity index (χ4n) is 4.81. The number of benzene rings is 2. The summed E-state index contributed by atoms with van der Waals surface area (Å²) in [6.07, 6.45) is 3.66. The number of aryl methyl sites for hydroxylation is 1. The van der Waals surface area contributed by atoms with Crippen molar-refractivity contribution in [3.63, 3.8) is 0 Å². The van der Waals surface area contributed by atoms with Gasteiger partial charge in [-0.25, -0.2) is 13.8 Å². The lowest BCUT2D eigenvalue weighted by Crippen LogP contribution is -2.27. The van der Waals surface area contributed by atoms with Gasteiger partial charge in [-0.05, 0) is 49.7 Å². The van der Waals surface area contributed by atoms with E-state index in [-0.39, 0.29) is 11.9 Å². The number of aromatic nitrogens is 2. The molecule has 6 heteroatoms. The third-order valence-electron chi connectivity index (χ3n) is 6.42. The van der Waals surface area contributed by atoms with Crippen LogP contribution in [0.2, 0.25) is 0 Å². The molecular formula is C22H21F2N3O. The first-order chi connectivity index (χ1) is 13.5. The monoisotopic (exact) mass is 381 g/mol. The predicted molar refractivity (Wildman–Crippen MR) is 102 cm³/mol. The van der Waals surface area contributed by atoms with Gasteiger partial charge in [-0.1, -0.05) is 17.7 Å². The van der Waals surface area contributed by atoms with Gasteiger partial charge >= 0.3 is 0 Å². The SMILES string of the molecule is Cc1ccc(C(=O)NCC2[C@H]3CC(n4cnc5cc(F)c(F)cc54)C[C@@H]23)cc1. The molecule has 1 amide bonds. The highest BCUT2D eigenvalue weighted by Gasteiger charge is 2.56. The Morgan fingerprint density at radius 3 is 2.54 bits per heavy atom. The van der Waals surface area contributed by atoms with E-state index in [9.17, 15) is 13.6 Å². The smallest absolute Gasteiger partial charge is 0.251 e. The molecule has 2 aliphatic carbocycles. The minimum absolute atomic E-state index is 0.0281. The summed E-state index contributed by atoms with van der Waals surface area (Å²) in [7, 11) is 0. The Hall–Kier alpha value is -2.76. The fraction of sp³-hybridized carbons (Fsp3) is 0.364. The highest BCUT2D eigenvalue weighted by molar-refractivity contribution is 5.94. The predicted octanol–water partition coefficient (Wildman–Crippen LogP) is 4.25. The first kappa shape index (κ1) is 17.3. The van der Waals surface area contributed by atoms with Crippen molar-refractivity contribution in [3.8, 4) is 0 Å². The maximum absolute atomic E-state index is 13.6. The van der Waals surface area contributed by atoms with Crippen LogP contribution in [-0.2, 0) is 0 Å². The standard InChI is InChI=1S/C22H21F2N3O/c1-12-2-4-13(5-3-12)22(28)25-10-17-15-6-14(7-16(15)17)27-11-26-20-8-18(23)19(24)9-21(20)27/h2-5,8-9,11,14-17H,6-7,10H2,1H3,(H,25,28)/t14?,15-,16+,17?. The Labute approximate surface area is 161 Å². The zero-order valence-corrected chi connectivity index (χ0v) is 15.5. The molecule has 0 radical (unpaired) electrons. The van der Waals surface area contributed by atoms with Crippen molar-refractivity contribution < 1.29 is 13.6 Å². The molecule has 144 valence electrons. The van der Waals surface area contributed by atoms with Crippen molar-refractivity contribution in [3.05, 3.63) is 65.5 Å².